The molecule has 0 aliphatic carbocycles. The number of rotatable bonds is 8. The molecule has 4 rings (SSSR count). The second kappa shape index (κ2) is 10.1. The summed E-state index contributed by atoms with van der Waals surface area (Å²) in [7, 11) is -0.953. The number of carbonyl (C=O) groups excluding carboxylic acids is 1. The van der Waals surface area contributed by atoms with Crippen molar-refractivity contribution >= 4 is 21.6 Å². The Morgan fingerprint density at radius 1 is 1.00 bits per heavy atom. The van der Waals surface area contributed by atoms with Crippen LogP contribution in [0.2, 0.25) is 0 Å². The molecule has 1 heterocycles. The molecule has 190 valence electrons. The third-order valence-corrected chi connectivity index (χ3v) is 7.78. The first-order chi connectivity index (χ1) is 17.1. The van der Waals surface area contributed by atoms with Crippen LogP contribution in [0.4, 0.5) is 5.69 Å². The minimum atomic E-state index is -4.04. The zero-order valence-corrected chi connectivity index (χ0v) is 21.5. The summed E-state index contributed by atoms with van der Waals surface area (Å²) in [5.74, 6) is 1.40. The number of nitrogens with zero attached hydrogens (tertiary/aromatic N) is 1. The van der Waals surface area contributed by atoms with Crippen LogP contribution >= 0.6 is 0 Å². The highest BCUT2D eigenvalue weighted by molar-refractivity contribution is 7.92. The number of anilines is 1. The molecule has 36 heavy (non-hydrogen) atoms. The molecule has 8 nitrogen and oxygen atoms in total. The molecule has 0 bridgehead atoms. The largest absolute Gasteiger partial charge is 0.497 e. The van der Waals surface area contributed by atoms with Crippen LogP contribution in [0.15, 0.2) is 77.7 Å². The lowest BCUT2D eigenvalue weighted by atomic mass is 9.89. The molecule has 1 N–H and O–H groups in total. The Morgan fingerprint density at radius 3 is 2.28 bits per heavy atom. The van der Waals surface area contributed by atoms with Gasteiger partial charge in [0, 0.05) is 12.0 Å². The van der Waals surface area contributed by atoms with Crippen LogP contribution in [-0.4, -0.2) is 40.7 Å². The van der Waals surface area contributed by atoms with Gasteiger partial charge in [0.1, 0.15) is 29.4 Å². The van der Waals surface area contributed by atoms with E-state index in [1.807, 2.05) is 26.0 Å². The molecule has 0 spiro atoms. The van der Waals surface area contributed by atoms with Crippen molar-refractivity contribution in [2.45, 2.75) is 36.8 Å². The minimum absolute atomic E-state index is 0.0576. The summed E-state index contributed by atoms with van der Waals surface area (Å²) in [6.45, 7) is 3.50. The van der Waals surface area contributed by atoms with E-state index in [-0.39, 0.29) is 10.9 Å². The van der Waals surface area contributed by atoms with Crippen LogP contribution in [0.5, 0.6) is 17.2 Å². The fraction of sp³-hybridized carbons (Fsp3) is 0.296. The standard InChI is InChI=1S/C27H30N2O6S/c1-27(2)17-24(23-16-21(34-4)12-15-25(23)35-27)28-26(30)18-29(19-8-6-5-7-9-19)36(31,32)22-13-10-20(33-3)11-14-22/h5-16,24H,17-18H2,1-4H3,(H,28,30). The Labute approximate surface area is 211 Å². The minimum Gasteiger partial charge on any atom is -0.497 e. The third-order valence-electron chi connectivity index (χ3n) is 5.99. The van der Waals surface area contributed by atoms with Gasteiger partial charge in [-0.15, -0.1) is 0 Å². The number of methoxy groups -OCH3 is 2. The average molecular weight is 511 g/mol. The maximum absolute atomic E-state index is 13.6. The summed E-state index contributed by atoms with van der Waals surface area (Å²) in [4.78, 5) is 13.4. The van der Waals surface area contributed by atoms with Gasteiger partial charge in [-0.3, -0.25) is 9.10 Å². The summed E-state index contributed by atoms with van der Waals surface area (Å²) >= 11 is 0. The van der Waals surface area contributed by atoms with Gasteiger partial charge in [0.2, 0.25) is 5.91 Å². The quantitative estimate of drug-likeness (QED) is 0.485. The van der Waals surface area contributed by atoms with E-state index in [1.54, 1.807) is 55.6 Å². The van der Waals surface area contributed by atoms with Gasteiger partial charge in [0.15, 0.2) is 0 Å². The highest BCUT2D eigenvalue weighted by Gasteiger charge is 2.36. The van der Waals surface area contributed by atoms with Crippen molar-refractivity contribution in [2.75, 3.05) is 25.1 Å². The van der Waals surface area contributed by atoms with E-state index in [1.165, 1.54) is 19.2 Å². The van der Waals surface area contributed by atoms with Crippen LogP contribution in [0.3, 0.4) is 0 Å². The average Bonchev–Trinajstić information content (AvgIpc) is 2.87. The number of para-hydroxylation sites is 1. The van der Waals surface area contributed by atoms with E-state index in [2.05, 4.69) is 5.32 Å². The van der Waals surface area contributed by atoms with Crippen molar-refractivity contribution in [2.24, 2.45) is 0 Å². The van der Waals surface area contributed by atoms with E-state index < -0.39 is 28.1 Å². The first kappa shape index (κ1) is 25.4. The van der Waals surface area contributed by atoms with Gasteiger partial charge in [-0.25, -0.2) is 8.42 Å². The summed E-state index contributed by atoms with van der Waals surface area (Å²) < 4.78 is 44.9. The highest BCUT2D eigenvalue weighted by atomic mass is 32.2. The lowest BCUT2D eigenvalue weighted by Crippen LogP contribution is -2.45. The number of nitrogens with one attached hydrogen (secondary N) is 1. The van der Waals surface area contributed by atoms with Crippen molar-refractivity contribution in [3.63, 3.8) is 0 Å². The smallest absolute Gasteiger partial charge is 0.264 e. The Hall–Kier alpha value is -3.72. The number of fused-ring (bicyclic) bond motifs is 1. The molecule has 1 atom stereocenters. The molecule has 0 fully saturated rings. The first-order valence-electron chi connectivity index (χ1n) is 11.5. The van der Waals surface area contributed by atoms with E-state index >= 15 is 0 Å². The van der Waals surface area contributed by atoms with Crippen molar-refractivity contribution < 1.29 is 27.4 Å². The molecular weight excluding hydrogens is 480 g/mol. The van der Waals surface area contributed by atoms with Gasteiger partial charge in [-0.1, -0.05) is 18.2 Å². The fourth-order valence-corrected chi connectivity index (χ4v) is 5.66. The molecular formula is C27H30N2O6S. The summed E-state index contributed by atoms with van der Waals surface area (Å²) in [6, 6.07) is 19.7. The van der Waals surface area contributed by atoms with Crippen molar-refractivity contribution in [3.05, 3.63) is 78.4 Å². The first-order valence-corrected chi connectivity index (χ1v) is 12.9. The number of hydrogen-bond acceptors (Lipinski definition) is 6. The number of sulfonamides is 1. The van der Waals surface area contributed by atoms with Crippen LogP contribution in [0, 0.1) is 0 Å². The van der Waals surface area contributed by atoms with Crippen LogP contribution < -0.4 is 23.8 Å². The Morgan fingerprint density at radius 2 is 1.64 bits per heavy atom. The number of ether oxygens (including phenoxy) is 3. The summed E-state index contributed by atoms with van der Waals surface area (Å²) in [6.07, 6.45) is 0.509. The van der Waals surface area contributed by atoms with Gasteiger partial charge in [0.05, 0.1) is 30.8 Å². The molecule has 0 radical (unpaired) electrons. The molecule has 3 aromatic rings. The monoisotopic (exact) mass is 510 g/mol. The molecule has 0 saturated heterocycles. The molecule has 1 aliphatic rings. The van der Waals surface area contributed by atoms with E-state index in [0.29, 0.717) is 29.4 Å². The predicted octanol–water partition coefficient (Wildman–Crippen LogP) is 4.32. The predicted molar refractivity (Wildman–Crippen MR) is 137 cm³/mol. The lowest BCUT2D eigenvalue weighted by Gasteiger charge is -2.38. The number of carbonyl (C=O) groups is 1. The molecule has 3 aromatic carbocycles. The number of benzene rings is 3. The summed E-state index contributed by atoms with van der Waals surface area (Å²) in [5.41, 5.74) is 0.650. The normalized spacial score (nSPS) is 16.3. The van der Waals surface area contributed by atoms with Crippen molar-refractivity contribution in [1.82, 2.24) is 5.32 Å². The maximum Gasteiger partial charge on any atom is 0.264 e. The van der Waals surface area contributed by atoms with Gasteiger partial charge in [0.25, 0.3) is 10.0 Å². The van der Waals surface area contributed by atoms with Crippen LogP contribution in [-0.2, 0) is 14.8 Å². The molecule has 1 aliphatic heterocycles. The number of hydrogen-bond donors (Lipinski definition) is 1. The van der Waals surface area contributed by atoms with Crippen LogP contribution in [0.1, 0.15) is 31.9 Å². The second-order valence-electron chi connectivity index (χ2n) is 9.11. The van der Waals surface area contributed by atoms with Gasteiger partial charge in [-0.2, -0.15) is 0 Å². The van der Waals surface area contributed by atoms with Crippen molar-refractivity contribution in [3.8, 4) is 17.2 Å². The topological polar surface area (TPSA) is 94.2 Å². The second-order valence-corrected chi connectivity index (χ2v) is 11.0. The zero-order valence-electron chi connectivity index (χ0n) is 20.7. The summed E-state index contributed by atoms with van der Waals surface area (Å²) in [5, 5.41) is 3.02. The maximum atomic E-state index is 13.6. The Kier molecular flexibility index (Phi) is 7.12. The van der Waals surface area contributed by atoms with Gasteiger partial charge < -0.3 is 19.5 Å². The molecule has 1 unspecified atom stereocenters. The van der Waals surface area contributed by atoms with Gasteiger partial charge in [-0.05, 0) is 68.4 Å². The lowest BCUT2D eigenvalue weighted by molar-refractivity contribution is -0.120. The van der Waals surface area contributed by atoms with Gasteiger partial charge >= 0.3 is 0 Å². The van der Waals surface area contributed by atoms with Crippen molar-refractivity contribution in [1.29, 1.82) is 0 Å². The Bertz CT molecular complexity index is 1320. The molecule has 0 aromatic heterocycles. The molecule has 1 amide bonds. The highest BCUT2D eigenvalue weighted by Crippen LogP contribution is 2.41. The van der Waals surface area contributed by atoms with E-state index in [4.69, 9.17) is 14.2 Å². The molecule has 0 saturated carbocycles. The zero-order chi connectivity index (χ0) is 25.9. The number of amides is 1. The third kappa shape index (κ3) is 5.41. The fourth-order valence-electron chi connectivity index (χ4n) is 4.24. The Balaban J connectivity index is 1.63. The SMILES string of the molecule is COc1ccc(S(=O)(=O)N(CC(=O)NC2CC(C)(C)Oc3ccc(OC)cc32)c2ccccc2)cc1. The molecule has 9 heteroatoms. The van der Waals surface area contributed by atoms with Crippen LogP contribution in [0.25, 0.3) is 0 Å². The van der Waals surface area contributed by atoms with E-state index in [9.17, 15) is 13.2 Å². The van der Waals surface area contributed by atoms with E-state index in [0.717, 1.165) is 9.87 Å².